The lowest BCUT2D eigenvalue weighted by atomic mass is 10.2. The molecule has 1 aromatic carbocycles. The van der Waals surface area contributed by atoms with Crippen LogP contribution in [0.15, 0.2) is 34.1 Å². The average Bonchev–Trinajstić information content (AvgIpc) is 3.16. The van der Waals surface area contributed by atoms with Crippen molar-refractivity contribution in [1.29, 1.82) is 0 Å². The number of carbonyl (C=O) groups excluding carboxylic acids is 1. The van der Waals surface area contributed by atoms with E-state index in [4.69, 9.17) is 4.42 Å². The van der Waals surface area contributed by atoms with Gasteiger partial charge < -0.3 is 9.73 Å². The maximum atomic E-state index is 13.5. The van der Waals surface area contributed by atoms with Crippen LogP contribution in [-0.2, 0) is 0 Å². The van der Waals surface area contributed by atoms with Crippen LogP contribution >= 0.6 is 11.3 Å². The Morgan fingerprint density at radius 2 is 1.96 bits per heavy atom. The maximum absolute atomic E-state index is 13.5. The number of nitrogens with zero attached hydrogens (tertiary/aromatic N) is 1. The van der Waals surface area contributed by atoms with Crippen LogP contribution in [0.4, 0.5) is 18.9 Å². The van der Waals surface area contributed by atoms with E-state index < -0.39 is 29.0 Å². The van der Waals surface area contributed by atoms with Gasteiger partial charge in [0.05, 0.1) is 10.7 Å². The number of nitrogens with one attached hydrogen (secondary N) is 1. The minimum Gasteiger partial charge on any atom is -0.449 e. The molecule has 2 aromatic heterocycles. The van der Waals surface area contributed by atoms with Crippen molar-refractivity contribution >= 4 is 22.9 Å². The Bertz CT molecular complexity index is 889. The van der Waals surface area contributed by atoms with E-state index in [1.54, 1.807) is 11.4 Å². The first-order chi connectivity index (χ1) is 11.0. The van der Waals surface area contributed by atoms with E-state index in [0.29, 0.717) is 11.5 Å². The van der Waals surface area contributed by atoms with Gasteiger partial charge >= 0.3 is 0 Å². The number of benzene rings is 1. The molecule has 8 heteroatoms. The summed E-state index contributed by atoms with van der Waals surface area (Å²) in [5.74, 6) is -4.96. The van der Waals surface area contributed by atoms with Crippen LogP contribution in [0.2, 0.25) is 0 Å². The summed E-state index contributed by atoms with van der Waals surface area (Å²) in [7, 11) is 0. The number of rotatable bonds is 3. The molecule has 0 saturated carbocycles. The second-order valence-corrected chi connectivity index (χ2v) is 5.65. The summed E-state index contributed by atoms with van der Waals surface area (Å²) in [5, 5.41) is 4.74. The van der Waals surface area contributed by atoms with Gasteiger partial charge in [-0.05, 0) is 31.2 Å². The molecule has 2 heterocycles. The molecule has 0 unspecified atom stereocenters. The van der Waals surface area contributed by atoms with Gasteiger partial charge in [-0.15, -0.1) is 11.3 Å². The third kappa shape index (κ3) is 2.98. The summed E-state index contributed by atoms with van der Waals surface area (Å²) >= 11 is 1.43. The van der Waals surface area contributed by atoms with Crippen molar-refractivity contribution in [3.63, 3.8) is 0 Å². The highest BCUT2D eigenvalue weighted by Gasteiger charge is 2.18. The van der Waals surface area contributed by atoms with Crippen molar-refractivity contribution in [2.24, 2.45) is 0 Å². The molecular formula is C15H9F3N2O2S. The van der Waals surface area contributed by atoms with Crippen LogP contribution < -0.4 is 5.32 Å². The van der Waals surface area contributed by atoms with E-state index in [9.17, 15) is 18.0 Å². The van der Waals surface area contributed by atoms with Crippen LogP contribution in [0, 0.1) is 24.4 Å². The zero-order chi connectivity index (χ0) is 16.6. The van der Waals surface area contributed by atoms with Crippen molar-refractivity contribution in [2.75, 3.05) is 5.32 Å². The van der Waals surface area contributed by atoms with Gasteiger partial charge in [0.25, 0.3) is 5.91 Å². The number of hydrogen-bond acceptors (Lipinski definition) is 4. The highest BCUT2D eigenvalue weighted by molar-refractivity contribution is 7.09. The van der Waals surface area contributed by atoms with Crippen molar-refractivity contribution in [3.05, 3.63) is 57.9 Å². The van der Waals surface area contributed by atoms with E-state index in [2.05, 4.69) is 10.3 Å². The first-order valence-electron chi connectivity index (χ1n) is 6.43. The highest BCUT2D eigenvalue weighted by Crippen LogP contribution is 2.25. The van der Waals surface area contributed by atoms with Gasteiger partial charge in [0.15, 0.2) is 29.0 Å². The fourth-order valence-electron chi connectivity index (χ4n) is 1.88. The topological polar surface area (TPSA) is 55.1 Å². The fourth-order valence-corrected chi connectivity index (χ4v) is 2.48. The standard InChI is InChI=1S/C15H9F3N2O2S/c1-7-19-10(6-23-7)11-4-5-12(22-11)15(21)20-9-3-2-8(16)13(17)14(9)18/h2-6H,1H3,(H,20,21). The molecule has 3 aromatic rings. The van der Waals surface area contributed by atoms with E-state index in [1.807, 2.05) is 6.92 Å². The molecule has 1 N–H and O–H groups in total. The number of amides is 1. The quantitative estimate of drug-likeness (QED) is 0.721. The lowest BCUT2D eigenvalue weighted by Crippen LogP contribution is -2.13. The zero-order valence-electron chi connectivity index (χ0n) is 11.7. The number of furan rings is 1. The predicted octanol–water partition coefficient (Wildman–Crippen LogP) is 4.38. The number of aromatic nitrogens is 1. The van der Waals surface area contributed by atoms with E-state index >= 15 is 0 Å². The second-order valence-electron chi connectivity index (χ2n) is 4.59. The third-order valence-corrected chi connectivity index (χ3v) is 3.76. The van der Waals surface area contributed by atoms with Crippen LogP contribution in [0.5, 0.6) is 0 Å². The number of anilines is 1. The smallest absolute Gasteiger partial charge is 0.291 e. The van der Waals surface area contributed by atoms with Gasteiger partial charge in [-0.1, -0.05) is 0 Å². The molecule has 0 aliphatic carbocycles. The fraction of sp³-hybridized carbons (Fsp3) is 0.0667. The number of hydrogen-bond donors (Lipinski definition) is 1. The molecule has 0 atom stereocenters. The molecule has 0 bridgehead atoms. The number of aryl methyl sites for hydroxylation is 1. The lowest BCUT2D eigenvalue weighted by molar-refractivity contribution is 0.0997. The first-order valence-corrected chi connectivity index (χ1v) is 7.31. The monoisotopic (exact) mass is 338 g/mol. The lowest BCUT2D eigenvalue weighted by Gasteiger charge is -2.05. The molecule has 4 nitrogen and oxygen atoms in total. The number of halogens is 3. The molecule has 0 spiro atoms. The Morgan fingerprint density at radius 3 is 2.65 bits per heavy atom. The Morgan fingerprint density at radius 1 is 1.17 bits per heavy atom. The molecule has 0 aliphatic rings. The van der Waals surface area contributed by atoms with Crippen molar-refractivity contribution in [1.82, 2.24) is 4.98 Å². The van der Waals surface area contributed by atoms with Gasteiger partial charge in [-0.3, -0.25) is 4.79 Å². The van der Waals surface area contributed by atoms with Gasteiger partial charge in [0.2, 0.25) is 0 Å². The summed E-state index contributed by atoms with van der Waals surface area (Å²) in [4.78, 5) is 16.2. The molecule has 23 heavy (non-hydrogen) atoms. The van der Waals surface area contributed by atoms with E-state index in [0.717, 1.165) is 17.1 Å². The molecule has 3 rings (SSSR count). The largest absolute Gasteiger partial charge is 0.449 e. The minimum absolute atomic E-state index is 0.102. The average molecular weight is 338 g/mol. The molecule has 1 amide bonds. The van der Waals surface area contributed by atoms with Crippen molar-refractivity contribution < 1.29 is 22.4 Å². The van der Waals surface area contributed by atoms with Crippen molar-refractivity contribution in [3.8, 4) is 11.5 Å². The van der Waals surface area contributed by atoms with Crippen LogP contribution in [0.25, 0.3) is 11.5 Å². The minimum atomic E-state index is -1.65. The first kappa shape index (κ1) is 15.3. The zero-order valence-corrected chi connectivity index (χ0v) is 12.5. The Labute approximate surface area is 132 Å². The van der Waals surface area contributed by atoms with E-state index in [1.165, 1.54) is 17.4 Å². The number of carbonyl (C=O) groups is 1. The van der Waals surface area contributed by atoms with Gasteiger partial charge in [0, 0.05) is 5.38 Å². The van der Waals surface area contributed by atoms with Crippen LogP contribution in [0.1, 0.15) is 15.6 Å². The molecule has 0 radical (unpaired) electrons. The Hall–Kier alpha value is -2.61. The van der Waals surface area contributed by atoms with Gasteiger partial charge in [-0.25, -0.2) is 18.2 Å². The molecule has 0 saturated heterocycles. The third-order valence-electron chi connectivity index (χ3n) is 2.98. The predicted molar refractivity (Wildman–Crippen MR) is 78.8 cm³/mol. The van der Waals surface area contributed by atoms with Crippen molar-refractivity contribution in [2.45, 2.75) is 6.92 Å². The number of thiazole rings is 1. The van der Waals surface area contributed by atoms with Crippen LogP contribution in [0.3, 0.4) is 0 Å². The molecule has 0 aliphatic heterocycles. The summed E-state index contributed by atoms with van der Waals surface area (Å²) in [6.07, 6.45) is 0. The van der Waals surface area contributed by atoms with E-state index in [-0.39, 0.29) is 5.76 Å². The maximum Gasteiger partial charge on any atom is 0.291 e. The molecular weight excluding hydrogens is 329 g/mol. The summed E-state index contributed by atoms with van der Waals surface area (Å²) in [6, 6.07) is 4.58. The Kier molecular flexibility index (Phi) is 3.91. The molecule has 0 fully saturated rings. The highest BCUT2D eigenvalue weighted by atomic mass is 32.1. The van der Waals surface area contributed by atoms with Crippen LogP contribution in [-0.4, -0.2) is 10.9 Å². The second kappa shape index (κ2) is 5.88. The van der Waals surface area contributed by atoms with Gasteiger partial charge in [0.1, 0.15) is 5.69 Å². The Balaban J connectivity index is 1.82. The summed E-state index contributed by atoms with van der Waals surface area (Å²) < 4.78 is 44.9. The SMILES string of the molecule is Cc1nc(-c2ccc(C(=O)Nc3ccc(F)c(F)c3F)o2)cs1. The van der Waals surface area contributed by atoms with Gasteiger partial charge in [-0.2, -0.15) is 0 Å². The normalized spacial score (nSPS) is 10.8. The summed E-state index contributed by atoms with van der Waals surface area (Å²) in [6.45, 7) is 1.83. The molecule has 118 valence electrons. The summed E-state index contributed by atoms with van der Waals surface area (Å²) in [5.41, 5.74) is 0.0990.